The Kier molecular flexibility index (Phi) is 9.81. The summed E-state index contributed by atoms with van der Waals surface area (Å²) in [5.74, 6) is 1.78. The second-order valence-electron chi connectivity index (χ2n) is 5.26. The van der Waals surface area contributed by atoms with Crippen molar-refractivity contribution in [3.05, 3.63) is 24.3 Å². The van der Waals surface area contributed by atoms with Crippen LogP contribution in [0.4, 0.5) is 0 Å². The molecule has 0 aromatic heterocycles. The lowest BCUT2D eigenvalue weighted by Crippen LogP contribution is -2.02. The lowest BCUT2D eigenvalue weighted by atomic mass is 10.2. The minimum Gasteiger partial charge on any atom is -0.490 e. The van der Waals surface area contributed by atoms with Crippen molar-refractivity contribution in [1.82, 2.24) is 0 Å². The maximum atomic E-state index is 5.84. The van der Waals surface area contributed by atoms with Crippen molar-refractivity contribution >= 4 is 0 Å². The quantitative estimate of drug-likeness (QED) is 0.463. The summed E-state index contributed by atoms with van der Waals surface area (Å²) in [5, 5.41) is 0. The highest BCUT2D eigenvalue weighted by Gasteiger charge is 2.03. The van der Waals surface area contributed by atoms with Crippen molar-refractivity contribution in [3.8, 4) is 11.5 Å². The molecule has 2 nitrogen and oxygen atoms in total. The molecule has 0 aliphatic carbocycles. The molecule has 1 rings (SSSR count). The fraction of sp³-hybridized carbons (Fsp3) is 0.667. The van der Waals surface area contributed by atoms with Crippen LogP contribution in [0.2, 0.25) is 0 Å². The highest BCUT2D eigenvalue weighted by atomic mass is 16.5. The van der Waals surface area contributed by atoms with Gasteiger partial charge in [-0.2, -0.15) is 0 Å². The van der Waals surface area contributed by atoms with Crippen molar-refractivity contribution in [1.29, 1.82) is 0 Å². The molecule has 1 aromatic rings. The highest BCUT2D eigenvalue weighted by molar-refractivity contribution is 5.39. The highest BCUT2D eigenvalue weighted by Crippen LogP contribution is 2.26. The zero-order valence-electron chi connectivity index (χ0n) is 13.2. The number of rotatable bonds is 12. The molecule has 0 spiro atoms. The average Bonchev–Trinajstić information content (AvgIpc) is 2.48. The fourth-order valence-electron chi connectivity index (χ4n) is 2.11. The lowest BCUT2D eigenvalue weighted by molar-refractivity contribution is 0.259. The third kappa shape index (κ3) is 7.42. The summed E-state index contributed by atoms with van der Waals surface area (Å²) < 4.78 is 11.7. The van der Waals surface area contributed by atoms with Gasteiger partial charge in [-0.1, -0.05) is 64.5 Å². The molecular formula is C18H30O2. The smallest absolute Gasteiger partial charge is 0.161 e. The predicted octanol–water partition coefficient (Wildman–Crippen LogP) is 5.60. The van der Waals surface area contributed by atoms with E-state index in [1.54, 1.807) is 0 Å². The molecule has 0 fully saturated rings. The first kappa shape index (κ1) is 16.9. The summed E-state index contributed by atoms with van der Waals surface area (Å²) in [5.41, 5.74) is 0. The van der Waals surface area contributed by atoms with Crippen LogP contribution in [0.5, 0.6) is 11.5 Å². The van der Waals surface area contributed by atoms with Crippen LogP contribution in [-0.4, -0.2) is 13.2 Å². The Morgan fingerprint density at radius 1 is 0.650 bits per heavy atom. The van der Waals surface area contributed by atoms with Crippen LogP contribution in [0.1, 0.15) is 65.2 Å². The molecule has 2 heteroatoms. The summed E-state index contributed by atoms with van der Waals surface area (Å²) in [6, 6.07) is 8.01. The molecule has 0 N–H and O–H groups in total. The van der Waals surface area contributed by atoms with E-state index in [4.69, 9.17) is 9.47 Å². The molecule has 114 valence electrons. The summed E-state index contributed by atoms with van der Waals surface area (Å²) in [7, 11) is 0. The molecule has 0 saturated carbocycles. The van der Waals surface area contributed by atoms with Crippen LogP contribution in [0, 0.1) is 0 Å². The van der Waals surface area contributed by atoms with Gasteiger partial charge >= 0.3 is 0 Å². The van der Waals surface area contributed by atoms with Crippen LogP contribution in [0.25, 0.3) is 0 Å². The average molecular weight is 278 g/mol. The molecule has 0 saturated heterocycles. The van der Waals surface area contributed by atoms with E-state index in [-0.39, 0.29) is 0 Å². The van der Waals surface area contributed by atoms with E-state index < -0.39 is 0 Å². The van der Waals surface area contributed by atoms with E-state index in [1.807, 2.05) is 24.3 Å². The Morgan fingerprint density at radius 3 is 1.50 bits per heavy atom. The molecule has 20 heavy (non-hydrogen) atoms. The van der Waals surface area contributed by atoms with Crippen LogP contribution < -0.4 is 9.47 Å². The minimum atomic E-state index is 0.788. The van der Waals surface area contributed by atoms with Crippen molar-refractivity contribution in [2.45, 2.75) is 65.2 Å². The van der Waals surface area contributed by atoms with Gasteiger partial charge in [0, 0.05) is 0 Å². The molecule has 0 aliphatic heterocycles. The fourth-order valence-corrected chi connectivity index (χ4v) is 2.11. The monoisotopic (exact) mass is 278 g/mol. The maximum absolute atomic E-state index is 5.84. The van der Waals surface area contributed by atoms with Crippen LogP contribution >= 0.6 is 0 Å². The van der Waals surface area contributed by atoms with Gasteiger partial charge in [0.2, 0.25) is 0 Å². The largest absolute Gasteiger partial charge is 0.490 e. The first-order valence-electron chi connectivity index (χ1n) is 8.23. The second kappa shape index (κ2) is 11.6. The summed E-state index contributed by atoms with van der Waals surface area (Å²) in [6.07, 6.45) is 9.84. The molecule has 0 heterocycles. The van der Waals surface area contributed by atoms with E-state index >= 15 is 0 Å². The third-order valence-electron chi connectivity index (χ3n) is 3.36. The number of unbranched alkanes of at least 4 members (excludes halogenated alkanes) is 6. The Hall–Kier alpha value is -1.18. The molecule has 0 atom stereocenters. The molecule has 0 unspecified atom stereocenters. The minimum absolute atomic E-state index is 0.788. The van der Waals surface area contributed by atoms with Gasteiger partial charge in [0.1, 0.15) is 0 Å². The molecule has 0 aliphatic rings. The van der Waals surface area contributed by atoms with E-state index in [0.717, 1.165) is 37.6 Å². The molecule has 0 amide bonds. The van der Waals surface area contributed by atoms with E-state index in [0.29, 0.717) is 0 Å². The van der Waals surface area contributed by atoms with Crippen LogP contribution in [0.15, 0.2) is 24.3 Å². The summed E-state index contributed by atoms with van der Waals surface area (Å²) in [4.78, 5) is 0. The lowest BCUT2D eigenvalue weighted by Gasteiger charge is -2.12. The van der Waals surface area contributed by atoms with Gasteiger partial charge in [-0.3, -0.25) is 0 Å². The maximum Gasteiger partial charge on any atom is 0.161 e. The Balaban J connectivity index is 2.27. The Labute approximate surface area is 124 Å². The number of para-hydroxylation sites is 2. The van der Waals surface area contributed by atoms with Crippen molar-refractivity contribution < 1.29 is 9.47 Å². The van der Waals surface area contributed by atoms with Crippen molar-refractivity contribution in [3.63, 3.8) is 0 Å². The molecule has 1 aromatic carbocycles. The molecular weight excluding hydrogens is 248 g/mol. The summed E-state index contributed by atoms with van der Waals surface area (Å²) in [6.45, 7) is 6.03. The number of hydrogen-bond donors (Lipinski definition) is 0. The number of ether oxygens (including phenoxy) is 2. The van der Waals surface area contributed by atoms with Gasteiger partial charge in [-0.25, -0.2) is 0 Å². The van der Waals surface area contributed by atoms with E-state index in [9.17, 15) is 0 Å². The van der Waals surface area contributed by atoms with Crippen molar-refractivity contribution in [2.24, 2.45) is 0 Å². The zero-order valence-corrected chi connectivity index (χ0v) is 13.2. The zero-order chi connectivity index (χ0) is 14.5. The number of benzene rings is 1. The Bertz CT molecular complexity index is 303. The van der Waals surface area contributed by atoms with Gasteiger partial charge in [-0.15, -0.1) is 0 Å². The predicted molar refractivity (Wildman–Crippen MR) is 85.7 cm³/mol. The number of hydrogen-bond acceptors (Lipinski definition) is 2. The molecule has 0 radical (unpaired) electrons. The topological polar surface area (TPSA) is 18.5 Å². The van der Waals surface area contributed by atoms with Crippen LogP contribution in [0.3, 0.4) is 0 Å². The van der Waals surface area contributed by atoms with Crippen molar-refractivity contribution in [2.75, 3.05) is 13.2 Å². The Morgan fingerprint density at radius 2 is 1.10 bits per heavy atom. The van der Waals surface area contributed by atoms with Gasteiger partial charge in [0.25, 0.3) is 0 Å². The van der Waals surface area contributed by atoms with Gasteiger partial charge in [-0.05, 0) is 25.0 Å². The first-order chi connectivity index (χ1) is 9.88. The van der Waals surface area contributed by atoms with Gasteiger partial charge in [0.05, 0.1) is 13.2 Å². The van der Waals surface area contributed by atoms with E-state index in [1.165, 1.54) is 38.5 Å². The normalized spacial score (nSPS) is 10.5. The van der Waals surface area contributed by atoms with Gasteiger partial charge < -0.3 is 9.47 Å². The second-order valence-corrected chi connectivity index (χ2v) is 5.26. The molecule has 0 bridgehead atoms. The van der Waals surface area contributed by atoms with E-state index in [2.05, 4.69) is 13.8 Å². The van der Waals surface area contributed by atoms with Gasteiger partial charge in [0.15, 0.2) is 11.5 Å². The van der Waals surface area contributed by atoms with Crippen LogP contribution in [-0.2, 0) is 0 Å². The first-order valence-corrected chi connectivity index (χ1v) is 8.23. The summed E-state index contributed by atoms with van der Waals surface area (Å²) >= 11 is 0. The third-order valence-corrected chi connectivity index (χ3v) is 3.36. The standard InChI is InChI=1S/C18H30O2/c1-3-5-7-11-15-19-17-13-9-10-14-18(17)20-16-12-8-6-4-2/h9-10,13-14H,3-8,11-12,15-16H2,1-2H3. The SMILES string of the molecule is CCCCCCOc1ccccc1OCCCCCC.